The number of hydrogen-bond donors (Lipinski definition) is 2. The van der Waals surface area contributed by atoms with Gasteiger partial charge in [0.1, 0.15) is 30.6 Å². The second-order valence-corrected chi connectivity index (χ2v) is 12.3. The minimum absolute atomic E-state index is 0.0737. The van der Waals surface area contributed by atoms with Gasteiger partial charge in [0.25, 0.3) is 0 Å². The molecule has 1 saturated heterocycles. The number of benzene rings is 2. The number of nitrogens with one attached hydrogen (secondary N) is 2. The topological polar surface area (TPSA) is 127 Å². The zero-order valence-electron chi connectivity index (χ0n) is 26.0. The lowest BCUT2D eigenvalue weighted by atomic mass is 9.85. The van der Waals surface area contributed by atoms with Crippen LogP contribution in [0.1, 0.15) is 43.9 Å². The summed E-state index contributed by atoms with van der Waals surface area (Å²) in [4.78, 5) is 54.3. The molecular weight excluding hydrogens is 616 g/mol. The highest BCUT2D eigenvalue weighted by molar-refractivity contribution is 5.92. The monoisotopic (exact) mass is 652 g/mol. The number of anilines is 2. The summed E-state index contributed by atoms with van der Waals surface area (Å²) in [7, 11) is 2.55. The van der Waals surface area contributed by atoms with Crippen molar-refractivity contribution in [3.63, 3.8) is 0 Å². The molecule has 2 aliphatic rings. The zero-order valence-corrected chi connectivity index (χ0v) is 26.0. The molecule has 0 radical (unpaired) electrons. The van der Waals surface area contributed by atoms with E-state index in [4.69, 9.17) is 14.2 Å². The first-order chi connectivity index (χ1) is 21.5. The number of ether oxygens (including phenoxy) is 3. The van der Waals surface area contributed by atoms with Gasteiger partial charge in [-0.15, -0.1) is 0 Å². The van der Waals surface area contributed by atoms with Gasteiger partial charge in [-0.3, -0.25) is 14.5 Å². The van der Waals surface area contributed by atoms with Crippen LogP contribution in [0.2, 0.25) is 0 Å². The molecule has 2 N–H and O–H groups in total. The summed E-state index contributed by atoms with van der Waals surface area (Å²) in [6, 6.07) is 4.78. The Morgan fingerprint density at radius 1 is 0.978 bits per heavy atom. The number of likely N-dealkylation sites (tertiary alicyclic amines) is 1. The number of rotatable bonds is 8. The molecule has 1 unspecified atom stereocenters. The lowest BCUT2D eigenvalue weighted by Crippen LogP contribution is -2.53. The minimum Gasteiger partial charge on any atom is -0.467 e. The average molecular weight is 653 g/mol. The maximum Gasteiger partial charge on any atom is 0.416 e. The number of amides is 3. The van der Waals surface area contributed by atoms with Crippen LogP contribution in [0, 0.1) is 11.2 Å². The van der Waals surface area contributed by atoms with Gasteiger partial charge in [0.15, 0.2) is 0 Å². The van der Waals surface area contributed by atoms with Gasteiger partial charge < -0.3 is 29.7 Å². The third kappa shape index (κ3) is 8.05. The molecule has 250 valence electrons. The second-order valence-electron chi connectivity index (χ2n) is 12.3. The largest absolute Gasteiger partial charge is 0.467 e. The van der Waals surface area contributed by atoms with Crippen LogP contribution in [-0.4, -0.2) is 79.2 Å². The normalized spacial score (nSPS) is 18.5. The van der Waals surface area contributed by atoms with Crippen molar-refractivity contribution in [3.05, 3.63) is 58.9 Å². The molecule has 46 heavy (non-hydrogen) atoms. The quantitative estimate of drug-likeness (QED) is 0.314. The van der Waals surface area contributed by atoms with Crippen LogP contribution in [0.3, 0.4) is 0 Å². The Morgan fingerprint density at radius 2 is 1.67 bits per heavy atom. The molecule has 2 heterocycles. The highest BCUT2D eigenvalue weighted by Crippen LogP contribution is 2.35. The molecular formula is C31H36F4N4O7. The van der Waals surface area contributed by atoms with Crippen LogP contribution in [0.5, 0.6) is 0 Å². The number of methoxy groups -OCH3 is 2. The molecule has 0 aliphatic carbocycles. The molecule has 0 bridgehead atoms. The minimum atomic E-state index is -4.82. The molecule has 15 heteroatoms. The van der Waals surface area contributed by atoms with E-state index in [0.29, 0.717) is 17.8 Å². The number of nitrogens with zero attached hydrogens (tertiary/aromatic N) is 2. The summed E-state index contributed by atoms with van der Waals surface area (Å²) in [5, 5.41) is 5.43. The standard InChI is InChI=1S/C31H36F4N4O7/c1-30(2,3)26(37-22-10-19(31(33,34)35)9-20(32)11-22)27(41)39-15-23(12-24(39)28(42)45-5)46-29(43)38-13-17-6-7-21(8-18(17)14-38)36-25(40)16-44-4/h6-11,23-24,26,37H,12-16H2,1-5H3,(H,36,40)/t23-,24?,26-/m1/s1. The summed E-state index contributed by atoms with van der Waals surface area (Å²) < 4.78 is 69.6. The van der Waals surface area contributed by atoms with Gasteiger partial charge in [-0.25, -0.2) is 14.0 Å². The molecule has 0 spiro atoms. The highest BCUT2D eigenvalue weighted by atomic mass is 19.4. The number of hydrogen-bond acceptors (Lipinski definition) is 8. The van der Waals surface area contributed by atoms with Crippen molar-refractivity contribution < 1.29 is 51.0 Å². The number of alkyl halides is 3. The fourth-order valence-electron chi connectivity index (χ4n) is 5.45. The fourth-order valence-corrected chi connectivity index (χ4v) is 5.45. The third-order valence-corrected chi connectivity index (χ3v) is 7.68. The average Bonchev–Trinajstić information content (AvgIpc) is 3.58. The van der Waals surface area contributed by atoms with E-state index < -0.39 is 59.1 Å². The maximum atomic E-state index is 14.1. The lowest BCUT2D eigenvalue weighted by molar-refractivity contribution is -0.151. The number of esters is 1. The molecule has 2 aromatic carbocycles. The van der Waals surface area contributed by atoms with Crippen molar-refractivity contribution in [1.29, 1.82) is 0 Å². The molecule has 0 aromatic heterocycles. The first-order valence-electron chi connectivity index (χ1n) is 14.4. The van der Waals surface area contributed by atoms with Gasteiger partial charge >= 0.3 is 18.2 Å². The summed E-state index contributed by atoms with van der Waals surface area (Å²) in [6.45, 7) is 5.11. The summed E-state index contributed by atoms with van der Waals surface area (Å²) >= 11 is 0. The fraction of sp³-hybridized carbons (Fsp3) is 0.484. The second kappa shape index (κ2) is 13.5. The predicted molar refractivity (Wildman–Crippen MR) is 157 cm³/mol. The summed E-state index contributed by atoms with van der Waals surface area (Å²) in [6.07, 6.45) is -6.48. The van der Waals surface area contributed by atoms with Crippen LogP contribution in [0.25, 0.3) is 0 Å². The molecule has 0 saturated carbocycles. The van der Waals surface area contributed by atoms with Crippen LogP contribution < -0.4 is 10.6 Å². The molecule has 3 amide bonds. The molecule has 2 aliphatic heterocycles. The van der Waals surface area contributed by atoms with Crippen molar-refractivity contribution in [2.24, 2.45) is 5.41 Å². The van der Waals surface area contributed by atoms with Crippen molar-refractivity contribution in [1.82, 2.24) is 9.80 Å². The summed E-state index contributed by atoms with van der Waals surface area (Å²) in [5.74, 6) is -2.91. The van der Waals surface area contributed by atoms with Crippen LogP contribution in [-0.2, 0) is 47.9 Å². The van der Waals surface area contributed by atoms with E-state index >= 15 is 0 Å². The maximum absolute atomic E-state index is 14.1. The lowest BCUT2D eigenvalue weighted by Gasteiger charge is -2.35. The summed E-state index contributed by atoms with van der Waals surface area (Å²) in [5.41, 5.74) is -0.230. The van der Waals surface area contributed by atoms with Crippen LogP contribution in [0.15, 0.2) is 36.4 Å². The van der Waals surface area contributed by atoms with Gasteiger partial charge in [0.2, 0.25) is 11.8 Å². The predicted octanol–water partition coefficient (Wildman–Crippen LogP) is 4.55. The first-order valence-corrected chi connectivity index (χ1v) is 14.4. The Hall–Kier alpha value is -4.40. The third-order valence-electron chi connectivity index (χ3n) is 7.68. The Kier molecular flexibility index (Phi) is 10.1. The van der Waals surface area contributed by atoms with E-state index in [1.807, 2.05) is 0 Å². The number of carbonyl (C=O) groups excluding carboxylic acids is 4. The molecule has 3 atom stereocenters. The number of halogens is 4. The molecule has 11 nitrogen and oxygen atoms in total. The van der Waals surface area contributed by atoms with Crippen LogP contribution >= 0.6 is 0 Å². The van der Waals surface area contributed by atoms with E-state index in [1.54, 1.807) is 39.0 Å². The van der Waals surface area contributed by atoms with E-state index in [0.717, 1.165) is 24.3 Å². The number of fused-ring (bicyclic) bond motifs is 1. The Labute approximate surface area is 263 Å². The highest BCUT2D eigenvalue weighted by Gasteiger charge is 2.47. The Balaban J connectivity index is 1.48. The van der Waals surface area contributed by atoms with Gasteiger partial charge in [-0.05, 0) is 46.9 Å². The van der Waals surface area contributed by atoms with Crippen molar-refractivity contribution in [2.45, 2.75) is 64.6 Å². The van der Waals surface area contributed by atoms with E-state index in [-0.39, 0.29) is 44.3 Å². The van der Waals surface area contributed by atoms with Gasteiger partial charge in [0, 0.05) is 38.0 Å². The molecule has 4 rings (SSSR count). The Bertz CT molecular complexity index is 1490. The molecule has 2 aromatic rings. The van der Waals surface area contributed by atoms with E-state index in [1.165, 1.54) is 16.9 Å². The van der Waals surface area contributed by atoms with Gasteiger partial charge in [0.05, 0.1) is 19.2 Å². The van der Waals surface area contributed by atoms with Crippen molar-refractivity contribution in [3.8, 4) is 0 Å². The van der Waals surface area contributed by atoms with Crippen LogP contribution in [0.4, 0.5) is 33.7 Å². The zero-order chi connectivity index (χ0) is 34.0. The van der Waals surface area contributed by atoms with E-state index in [9.17, 15) is 36.7 Å². The Morgan fingerprint density at radius 3 is 2.30 bits per heavy atom. The van der Waals surface area contributed by atoms with Crippen molar-refractivity contribution in [2.75, 3.05) is 38.0 Å². The SMILES string of the molecule is COCC(=O)Nc1ccc2c(c1)CN(C(=O)O[C@@H]1CC(C(=O)OC)N(C(=O)[C@@H](Nc3cc(F)cc(C(F)(F)F)c3)C(C)(C)C)C1)C2. The van der Waals surface area contributed by atoms with Crippen molar-refractivity contribution >= 4 is 35.3 Å². The first kappa shape index (κ1) is 34.5. The molecule has 1 fully saturated rings. The number of carbonyl (C=O) groups is 4. The smallest absolute Gasteiger partial charge is 0.416 e. The van der Waals surface area contributed by atoms with Gasteiger partial charge in [-0.2, -0.15) is 13.2 Å². The van der Waals surface area contributed by atoms with E-state index in [2.05, 4.69) is 10.6 Å². The van der Waals surface area contributed by atoms with Gasteiger partial charge in [-0.1, -0.05) is 26.8 Å².